The number of carbonyl (C=O) groups excluding carboxylic acids is 1. The van der Waals surface area contributed by atoms with E-state index in [-0.39, 0.29) is 11.8 Å². The van der Waals surface area contributed by atoms with Crippen LogP contribution in [0.5, 0.6) is 0 Å². The lowest BCUT2D eigenvalue weighted by Gasteiger charge is -2.43. The van der Waals surface area contributed by atoms with E-state index in [9.17, 15) is 13.2 Å². The summed E-state index contributed by atoms with van der Waals surface area (Å²) in [5, 5.41) is 2.91. The standard InChI is InChI=1S/C20H21N5O3S/c1-14(15-7-4-3-5-8-15)20(19(26)22-18-12-21-13-25(18)24-20)16-9-6-10-17(11-16)23-29(2,27)28/h3-14,23-24H,1-2H3,(H,22,26). The van der Waals surface area contributed by atoms with Gasteiger partial charge in [-0.3, -0.25) is 9.52 Å². The third-order valence-electron chi connectivity index (χ3n) is 5.11. The first kappa shape index (κ1) is 19.0. The number of fused-ring (bicyclic) bond motifs is 1. The largest absolute Gasteiger partial charge is 0.307 e. The van der Waals surface area contributed by atoms with Crippen molar-refractivity contribution in [2.75, 3.05) is 21.7 Å². The van der Waals surface area contributed by atoms with Crippen molar-refractivity contribution in [3.8, 4) is 0 Å². The van der Waals surface area contributed by atoms with Crippen LogP contribution in [0.2, 0.25) is 0 Å². The fraction of sp³-hybridized carbons (Fsp3) is 0.200. The number of rotatable bonds is 5. The Morgan fingerprint density at radius 3 is 2.62 bits per heavy atom. The van der Waals surface area contributed by atoms with Crippen LogP contribution in [0.1, 0.15) is 24.0 Å². The summed E-state index contributed by atoms with van der Waals surface area (Å²) in [5.41, 5.74) is 4.09. The molecule has 3 aromatic rings. The third-order valence-corrected chi connectivity index (χ3v) is 5.71. The molecule has 0 radical (unpaired) electrons. The Labute approximate surface area is 169 Å². The van der Waals surface area contributed by atoms with Gasteiger partial charge in [0.1, 0.15) is 6.33 Å². The van der Waals surface area contributed by atoms with Crippen LogP contribution in [0.15, 0.2) is 67.1 Å². The number of carbonyl (C=O) groups is 1. The lowest BCUT2D eigenvalue weighted by atomic mass is 9.74. The summed E-state index contributed by atoms with van der Waals surface area (Å²) in [6.45, 7) is 1.96. The van der Waals surface area contributed by atoms with Gasteiger partial charge in [0.2, 0.25) is 10.0 Å². The molecule has 150 valence electrons. The molecule has 2 unspecified atom stereocenters. The number of hydrogen-bond acceptors (Lipinski definition) is 5. The molecule has 1 aromatic heterocycles. The molecule has 1 aliphatic heterocycles. The van der Waals surface area contributed by atoms with Crippen molar-refractivity contribution in [2.24, 2.45) is 0 Å². The monoisotopic (exact) mass is 411 g/mol. The van der Waals surface area contributed by atoms with Crippen molar-refractivity contribution in [1.29, 1.82) is 0 Å². The van der Waals surface area contributed by atoms with Gasteiger partial charge in [0, 0.05) is 11.6 Å². The van der Waals surface area contributed by atoms with Crippen molar-refractivity contribution in [1.82, 2.24) is 9.66 Å². The first-order valence-electron chi connectivity index (χ1n) is 9.05. The zero-order valence-electron chi connectivity index (χ0n) is 16.0. The maximum absolute atomic E-state index is 13.4. The summed E-state index contributed by atoms with van der Waals surface area (Å²) in [6, 6.07) is 16.5. The van der Waals surface area contributed by atoms with Crippen molar-refractivity contribution in [3.63, 3.8) is 0 Å². The molecule has 8 nitrogen and oxygen atoms in total. The second-order valence-corrected chi connectivity index (χ2v) is 8.86. The molecule has 2 heterocycles. The first-order chi connectivity index (χ1) is 13.8. The van der Waals surface area contributed by atoms with Gasteiger partial charge in [0.05, 0.1) is 12.5 Å². The average molecular weight is 411 g/mol. The van der Waals surface area contributed by atoms with E-state index >= 15 is 0 Å². The second kappa shape index (κ2) is 6.93. The van der Waals surface area contributed by atoms with Gasteiger partial charge < -0.3 is 10.7 Å². The van der Waals surface area contributed by atoms with Crippen LogP contribution in [0.3, 0.4) is 0 Å². The quantitative estimate of drug-likeness (QED) is 0.598. The van der Waals surface area contributed by atoms with E-state index in [0.717, 1.165) is 11.8 Å². The SMILES string of the molecule is CC(c1ccccc1)C1(c2cccc(NS(C)(=O)=O)c2)Nn2cncc2NC1=O. The van der Waals surface area contributed by atoms with Crippen molar-refractivity contribution < 1.29 is 13.2 Å². The summed E-state index contributed by atoms with van der Waals surface area (Å²) in [5.74, 6) is 0.00222. The minimum Gasteiger partial charge on any atom is -0.307 e. The lowest BCUT2D eigenvalue weighted by Crippen LogP contribution is -2.57. The minimum absolute atomic E-state index is 0.252. The highest BCUT2D eigenvalue weighted by Crippen LogP contribution is 2.41. The zero-order valence-corrected chi connectivity index (χ0v) is 16.8. The molecule has 1 aliphatic rings. The number of aromatic nitrogens is 2. The molecule has 2 atom stereocenters. The Morgan fingerprint density at radius 2 is 1.90 bits per heavy atom. The summed E-state index contributed by atoms with van der Waals surface area (Å²) >= 11 is 0. The normalized spacial score (nSPS) is 19.6. The molecule has 0 aliphatic carbocycles. The highest BCUT2D eigenvalue weighted by molar-refractivity contribution is 7.92. The maximum atomic E-state index is 13.4. The van der Waals surface area contributed by atoms with Crippen molar-refractivity contribution in [3.05, 3.63) is 78.2 Å². The fourth-order valence-corrected chi connectivity index (χ4v) is 4.26. The Bertz CT molecular complexity index is 1160. The van der Waals surface area contributed by atoms with Gasteiger partial charge in [-0.15, -0.1) is 0 Å². The van der Waals surface area contributed by atoms with Gasteiger partial charge in [-0.1, -0.05) is 49.4 Å². The maximum Gasteiger partial charge on any atom is 0.258 e. The predicted molar refractivity (Wildman–Crippen MR) is 112 cm³/mol. The molecule has 29 heavy (non-hydrogen) atoms. The number of imidazole rings is 1. The van der Waals surface area contributed by atoms with Gasteiger partial charge in [-0.25, -0.2) is 18.1 Å². The van der Waals surface area contributed by atoms with Gasteiger partial charge in [-0.05, 0) is 23.3 Å². The van der Waals surface area contributed by atoms with Crippen LogP contribution in [-0.2, 0) is 20.4 Å². The molecule has 4 rings (SSSR count). The third kappa shape index (κ3) is 3.44. The van der Waals surface area contributed by atoms with Crippen LogP contribution in [0.4, 0.5) is 11.5 Å². The molecule has 0 bridgehead atoms. The lowest BCUT2D eigenvalue weighted by molar-refractivity contribution is -0.122. The van der Waals surface area contributed by atoms with E-state index < -0.39 is 15.6 Å². The summed E-state index contributed by atoms with van der Waals surface area (Å²) in [4.78, 5) is 17.5. The highest BCUT2D eigenvalue weighted by atomic mass is 32.2. The molecule has 0 saturated carbocycles. The van der Waals surface area contributed by atoms with Crippen LogP contribution in [0, 0.1) is 0 Å². The smallest absolute Gasteiger partial charge is 0.258 e. The Hall–Kier alpha value is -3.33. The number of hydrogen-bond donors (Lipinski definition) is 3. The van der Waals surface area contributed by atoms with Gasteiger partial charge in [0.25, 0.3) is 5.91 Å². The van der Waals surface area contributed by atoms with E-state index in [0.29, 0.717) is 17.1 Å². The van der Waals surface area contributed by atoms with Crippen LogP contribution >= 0.6 is 0 Å². The first-order valence-corrected chi connectivity index (χ1v) is 10.9. The fourth-order valence-electron chi connectivity index (χ4n) is 3.71. The Balaban J connectivity index is 1.88. The van der Waals surface area contributed by atoms with Crippen LogP contribution in [0.25, 0.3) is 0 Å². The van der Waals surface area contributed by atoms with E-state index in [1.54, 1.807) is 41.5 Å². The second-order valence-electron chi connectivity index (χ2n) is 7.11. The number of nitrogens with zero attached hydrogens (tertiary/aromatic N) is 2. The minimum atomic E-state index is -3.46. The van der Waals surface area contributed by atoms with Crippen LogP contribution in [-0.4, -0.2) is 30.2 Å². The molecule has 3 N–H and O–H groups in total. The molecule has 1 amide bonds. The van der Waals surface area contributed by atoms with Gasteiger partial charge >= 0.3 is 0 Å². The molecule has 0 saturated heterocycles. The van der Waals surface area contributed by atoms with Gasteiger partial charge in [0.15, 0.2) is 11.4 Å². The zero-order chi connectivity index (χ0) is 20.6. The molecular formula is C20H21N5O3S. The number of nitrogens with one attached hydrogen (secondary N) is 3. The predicted octanol–water partition coefficient (Wildman–Crippen LogP) is 2.45. The van der Waals surface area contributed by atoms with Crippen molar-refractivity contribution >= 4 is 27.4 Å². The van der Waals surface area contributed by atoms with Gasteiger partial charge in [-0.2, -0.15) is 0 Å². The van der Waals surface area contributed by atoms with E-state index in [2.05, 4.69) is 20.4 Å². The summed E-state index contributed by atoms with van der Waals surface area (Å²) in [7, 11) is -3.46. The topological polar surface area (TPSA) is 105 Å². The van der Waals surface area contributed by atoms with E-state index in [4.69, 9.17) is 0 Å². The Morgan fingerprint density at radius 1 is 1.14 bits per heavy atom. The number of anilines is 2. The summed E-state index contributed by atoms with van der Waals surface area (Å²) < 4.78 is 27.5. The van der Waals surface area contributed by atoms with E-state index in [1.807, 2.05) is 37.3 Å². The molecule has 9 heteroatoms. The van der Waals surface area contributed by atoms with Crippen LogP contribution < -0.4 is 15.5 Å². The average Bonchev–Trinajstić information content (AvgIpc) is 3.13. The van der Waals surface area contributed by atoms with E-state index in [1.165, 1.54) is 0 Å². The number of sulfonamides is 1. The Kier molecular flexibility index (Phi) is 4.54. The van der Waals surface area contributed by atoms with Crippen molar-refractivity contribution in [2.45, 2.75) is 18.4 Å². The molecule has 0 spiro atoms. The summed E-state index contributed by atoms with van der Waals surface area (Å²) in [6.07, 6.45) is 4.23. The highest BCUT2D eigenvalue weighted by Gasteiger charge is 2.49. The number of benzene rings is 2. The molecule has 2 aromatic carbocycles. The molecule has 0 fully saturated rings. The molecular weight excluding hydrogens is 390 g/mol. The number of amides is 1.